The van der Waals surface area contributed by atoms with Gasteiger partial charge in [0.2, 0.25) is 5.43 Å². The summed E-state index contributed by atoms with van der Waals surface area (Å²) in [6.07, 6.45) is 1.61. The number of aromatic nitrogens is 3. The van der Waals surface area contributed by atoms with Crippen LogP contribution in [-0.4, -0.2) is 56.9 Å². The molecule has 2 aliphatic heterocycles. The average molecular weight is 460 g/mol. The highest BCUT2D eigenvalue weighted by Gasteiger charge is 2.33. The van der Waals surface area contributed by atoms with Crippen molar-refractivity contribution < 1.29 is 19.1 Å². The van der Waals surface area contributed by atoms with Gasteiger partial charge in [-0.15, -0.1) is 0 Å². The van der Waals surface area contributed by atoms with Gasteiger partial charge >= 0.3 is 5.97 Å². The number of pyridine rings is 1. The molecule has 0 amide bonds. The van der Waals surface area contributed by atoms with E-state index in [1.54, 1.807) is 16.8 Å². The monoisotopic (exact) mass is 460 g/mol. The fourth-order valence-electron chi connectivity index (χ4n) is 4.14. The van der Waals surface area contributed by atoms with Crippen molar-refractivity contribution in [3.63, 3.8) is 0 Å². The second-order valence-corrected chi connectivity index (χ2v) is 9.01. The lowest BCUT2D eigenvalue weighted by atomic mass is 10.1. The Bertz CT molecular complexity index is 1280. The molecule has 4 N–H and O–H groups in total. The number of anilines is 2. The molecule has 3 aromatic rings. The van der Waals surface area contributed by atoms with Gasteiger partial charge in [-0.25, -0.2) is 14.2 Å². The molecule has 4 heterocycles. The number of nitrogens with zero attached hydrogens (tertiary/aromatic N) is 4. The van der Waals surface area contributed by atoms with Crippen molar-refractivity contribution in [2.75, 3.05) is 36.8 Å². The molecule has 1 unspecified atom stereocenters. The van der Waals surface area contributed by atoms with Crippen LogP contribution in [-0.2, 0) is 11.4 Å². The first kappa shape index (κ1) is 20.8. The second-order valence-electron chi connectivity index (χ2n) is 7.71. The van der Waals surface area contributed by atoms with Crippen LogP contribution in [0.25, 0.3) is 10.9 Å². The van der Waals surface area contributed by atoms with Gasteiger partial charge in [0.25, 0.3) is 0 Å². The molecule has 0 radical (unpaired) electrons. The van der Waals surface area contributed by atoms with E-state index in [0.717, 1.165) is 11.8 Å². The van der Waals surface area contributed by atoms with Crippen molar-refractivity contribution in [1.29, 1.82) is 0 Å². The number of benzene rings is 1. The van der Waals surface area contributed by atoms with E-state index in [2.05, 4.69) is 9.97 Å². The molecule has 168 valence electrons. The van der Waals surface area contributed by atoms with Crippen molar-refractivity contribution in [3.05, 3.63) is 45.6 Å². The molecule has 1 saturated heterocycles. The highest BCUT2D eigenvalue weighted by Crippen LogP contribution is 2.46. The topological polar surface area (TPSA) is 130 Å². The quantitative estimate of drug-likeness (QED) is 0.523. The molecule has 1 atom stereocenters. The van der Waals surface area contributed by atoms with Crippen LogP contribution in [0, 0.1) is 5.82 Å². The lowest BCUT2D eigenvalue weighted by molar-refractivity contribution is -0.172. The van der Waals surface area contributed by atoms with Crippen LogP contribution in [0.5, 0.6) is 0 Å². The number of nitrogens with one attached hydrogen (secondary N) is 1. The average Bonchev–Trinajstić information content (AvgIpc) is 3.17. The number of nitrogens with two attached hydrogens (primary N) is 1. The molecule has 0 aliphatic carbocycles. The third-order valence-electron chi connectivity index (χ3n) is 5.72. The van der Waals surface area contributed by atoms with Crippen molar-refractivity contribution in [2.24, 2.45) is 0 Å². The van der Waals surface area contributed by atoms with Gasteiger partial charge in [0, 0.05) is 31.6 Å². The van der Waals surface area contributed by atoms with E-state index < -0.39 is 17.2 Å². The molecule has 1 aromatic carbocycles. The smallest absolute Gasteiger partial charge is 0.342 e. The van der Waals surface area contributed by atoms with Gasteiger partial charge in [-0.2, -0.15) is 5.06 Å². The van der Waals surface area contributed by atoms with Gasteiger partial charge in [0.05, 0.1) is 33.5 Å². The zero-order valence-corrected chi connectivity index (χ0v) is 18.0. The van der Waals surface area contributed by atoms with Gasteiger partial charge in [-0.1, -0.05) is 11.8 Å². The maximum atomic E-state index is 15.0. The Hall–Kier alpha value is -3.09. The number of rotatable bonds is 5. The number of carboxylic acids is 1. The molecule has 10 nitrogen and oxygen atoms in total. The summed E-state index contributed by atoms with van der Waals surface area (Å²) in [6.45, 7) is 4.40. The number of hydrogen-bond donors (Lipinski definition) is 3. The number of aromatic carboxylic acids is 1. The Balaban J connectivity index is 1.38. The van der Waals surface area contributed by atoms with Crippen molar-refractivity contribution >= 4 is 40.3 Å². The van der Waals surface area contributed by atoms with Gasteiger partial charge in [-0.05, 0) is 19.1 Å². The van der Waals surface area contributed by atoms with Crippen LogP contribution in [0.2, 0.25) is 0 Å². The molecule has 0 bridgehead atoms. The summed E-state index contributed by atoms with van der Waals surface area (Å²) in [5.74, 6) is -1.51. The number of fused-ring (bicyclic) bond motifs is 3. The number of carboxylic acid groups (broad SMARTS) is 1. The number of piperazine rings is 1. The standard InChI is InChI=1S/C20H21FN6O4S/c1-10-27-14-7-15(13(21)6-12(14)17(28)16(19(29)30)18(27)32-10)25-2-4-26(5-3-25)31-9-11-8-23-20(22)24-11/h6-8,10H,2-5,9H2,1H3,(H,29,30)(H3,22,23,24). The number of aromatic amines is 1. The maximum absolute atomic E-state index is 15.0. The summed E-state index contributed by atoms with van der Waals surface area (Å²) in [4.78, 5) is 38.8. The van der Waals surface area contributed by atoms with E-state index in [0.29, 0.717) is 55.0 Å². The number of carbonyl (C=O) groups is 1. The summed E-state index contributed by atoms with van der Waals surface area (Å²) in [5.41, 5.74) is 6.32. The van der Waals surface area contributed by atoms with Crippen LogP contribution in [0.15, 0.2) is 28.2 Å². The summed E-state index contributed by atoms with van der Waals surface area (Å²) in [7, 11) is 0. The minimum absolute atomic E-state index is 0.0359. The molecule has 2 aliphatic rings. The van der Waals surface area contributed by atoms with Crippen molar-refractivity contribution in [2.45, 2.75) is 23.9 Å². The third kappa shape index (κ3) is 3.40. The van der Waals surface area contributed by atoms with Gasteiger partial charge in [0.15, 0.2) is 5.95 Å². The van der Waals surface area contributed by atoms with Gasteiger partial charge in [-0.3, -0.25) is 9.63 Å². The lowest BCUT2D eigenvalue weighted by Gasteiger charge is -2.36. The molecular weight excluding hydrogens is 439 g/mol. The minimum atomic E-state index is -1.29. The molecule has 32 heavy (non-hydrogen) atoms. The Morgan fingerprint density at radius 2 is 2.12 bits per heavy atom. The molecule has 5 rings (SSSR count). The Labute approximate surface area is 185 Å². The number of hydrogen-bond acceptors (Lipinski definition) is 8. The highest BCUT2D eigenvalue weighted by atomic mass is 32.2. The first-order valence-electron chi connectivity index (χ1n) is 10.1. The van der Waals surface area contributed by atoms with Crippen LogP contribution in [0.4, 0.5) is 16.0 Å². The van der Waals surface area contributed by atoms with Crippen LogP contribution < -0.4 is 16.1 Å². The molecule has 2 aromatic heterocycles. The molecule has 0 spiro atoms. The Kier molecular flexibility index (Phi) is 5.07. The first-order valence-corrected chi connectivity index (χ1v) is 11.0. The first-order chi connectivity index (χ1) is 15.3. The fourth-order valence-corrected chi connectivity index (χ4v) is 5.29. The zero-order chi connectivity index (χ0) is 22.6. The van der Waals surface area contributed by atoms with Gasteiger partial charge in [0.1, 0.15) is 18.0 Å². The van der Waals surface area contributed by atoms with E-state index in [1.165, 1.54) is 11.8 Å². The van der Waals surface area contributed by atoms with Crippen molar-refractivity contribution in [3.8, 4) is 0 Å². The van der Waals surface area contributed by atoms with E-state index in [9.17, 15) is 14.7 Å². The largest absolute Gasteiger partial charge is 0.477 e. The summed E-state index contributed by atoms with van der Waals surface area (Å²) in [6, 6.07) is 2.81. The summed E-state index contributed by atoms with van der Waals surface area (Å²) < 4.78 is 16.8. The number of hydroxylamine groups is 2. The molecule has 1 fully saturated rings. The van der Waals surface area contributed by atoms with E-state index >= 15 is 4.39 Å². The van der Waals surface area contributed by atoms with E-state index in [1.807, 2.05) is 16.9 Å². The Morgan fingerprint density at radius 1 is 1.38 bits per heavy atom. The number of halogens is 1. The van der Waals surface area contributed by atoms with Crippen LogP contribution in [0.3, 0.4) is 0 Å². The highest BCUT2D eigenvalue weighted by molar-refractivity contribution is 8.00. The number of nitrogen functional groups attached to an aromatic ring is 1. The zero-order valence-electron chi connectivity index (χ0n) is 17.2. The second kappa shape index (κ2) is 7.80. The summed E-state index contributed by atoms with van der Waals surface area (Å²) >= 11 is 1.33. The number of H-pyrrole nitrogens is 1. The molecular formula is C20H21FN6O4S. The number of imidazole rings is 1. The lowest BCUT2D eigenvalue weighted by Crippen LogP contribution is -2.46. The predicted octanol–water partition coefficient (Wildman–Crippen LogP) is 2.02. The third-order valence-corrected chi connectivity index (χ3v) is 6.89. The normalized spacial score (nSPS) is 18.6. The minimum Gasteiger partial charge on any atom is -0.477 e. The van der Waals surface area contributed by atoms with E-state index in [4.69, 9.17) is 10.6 Å². The summed E-state index contributed by atoms with van der Waals surface area (Å²) in [5, 5.41) is 11.7. The Morgan fingerprint density at radius 3 is 2.75 bits per heavy atom. The molecule has 12 heteroatoms. The van der Waals surface area contributed by atoms with E-state index in [-0.39, 0.29) is 16.3 Å². The maximum Gasteiger partial charge on any atom is 0.342 e. The van der Waals surface area contributed by atoms with Gasteiger partial charge < -0.3 is 25.3 Å². The SMILES string of the molecule is CC1Sc2c(C(=O)O)c(=O)c3cc(F)c(N4CCN(OCc5cnc(N)[nH]5)CC4)cc3n21. The number of thioether (sulfide) groups is 1. The van der Waals surface area contributed by atoms with Crippen LogP contribution >= 0.6 is 11.8 Å². The fraction of sp³-hybridized carbons (Fsp3) is 0.350. The van der Waals surface area contributed by atoms with Crippen molar-refractivity contribution in [1.82, 2.24) is 19.6 Å². The van der Waals surface area contributed by atoms with Crippen LogP contribution in [0.1, 0.15) is 28.3 Å². The molecule has 0 saturated carbocycles. The predicted molar refractivity (Wildman–Crippen MR) is 117 cm³/mol.